The van der Waals surface area contributed by atoms with Crippen LogP contribution in [0.25, 0.3) is 0 Å². The largest absolute Gasteiger partial charge is 0.496 e. The number of halogens is 6. The number of hydrogen-bond acceptors (Lipinski definition) is 4. The molecule has 3 amide bonds. The van der Waals surface area contributed by atoms with Crippen LogP contribution < -0.4 is 20.7 Å². The zero-order chi connectivity index (χ0) is 34.6. The Labute approximate surface area is 272 Å². The van der Waals surface area contributed by atoms with E-state index in [2.05, 4.69) is 16.0 Å². The first-order valence-electron chi connectivity index (χ1n) is 15.4. The van der Waals surface area contributed by atoms with Crippen molar-refractivity contribution in [2.24, 2.45) is 17.8 Å². The van der Waals surface area contributed by atoms with Gasteiger partial charge in [-0.3, -0.25) is 14.4 Å². The lowest BCUT2D eigenvalue weighted by Gasteiger charge is -2.30. The molecule has 2 saturated carbocycles. The van der Waals surface area contributed by atoms with Crippen molar-refractivity contribution in [3.63, 3.8) is 0 Å². The number of carbonyl (C=O) groups is 3. The van der Waals surface area contributed by atoms with Crippen molar-refractivity contribution in [2.75, 3.05) is 19.0 Å². The lowest BCUT2D eigenvalue weighted by molar-refractivity contribution is -0.140. The first-order chi connectivity index (χ1) is 22.9. The number of rotatable bonds is 11. The van der Waals surface area contributed by atoms with Gasteiger partial charge in [0.1, 0.15) is 11.6 Å². The topological polar surface area (TPSA) is 96.5 Å². The minimum absolute atomic E-state index is 0.260. The number of carbonyl (C=O) groups excluding carboxylic acids is 3. The molecule has 4 atom stereocenters. The Bertz CT molecular complexity index is 1710. The predicted molar refractivity (Wildman–Crippen MR) is 164 cm³/mol. The third-order valence-corrected chi connectivity index (χ3v) is 8.86. The van der Waals surface area contributed by atoms with E-state index in [1.54, 1.807) is 0 Å². The lowest BCUT2D eigenvalue weighted by Crippen LogP contribution is -2.48. The molecular weight excluding hydrogens is 640 g/mol. The van der Waals surface area contributed by atoms with Gasteiger partial charge in [-0.1, -0.05) is 35.9 Å². The number of unbranched alkanes of at least 4 members (excludes halogenated alkanes) is 1. The van der Waals surface area contributed by atoms with Crippen LogP contribution in [0.3, 0.4) is 0 Å². The Kier molecular flexibility index (Phi) is 10.4. The van der Waals surface area contributed by atoms with Crippen molar-refractivity contribution < 1.29 is 45.5 Å². The number of methoxy groups -OCH3 is 1. The van der Waals surface area contributed by atoms with E-state index in [4.69, 9.17) is 4.74 Å². The molecule has 2 fully saturated rings. The predicted octanol–water partition coefficient (Wildman–Crippen LogP) is 6.59. The molecule has 3 aromatic rings. The number of amides is 3. The van der Waals surface area contributed by atoms with Gasteiger partial charge in [-0.25, -0.2) is 13.2 Å². The smallest absolute Gasteiger partial charge is 0.419 e. The molecule has 3 aromatic carbocycles. The molecule has 2 unspecified atom stereocenters. The quantitative estimate of drug-likeness (QED) is 0.122. The van der Waals surface area contributed by atoms with E-state index in [0.29, 0.717) is 55.6 Å². The van der Waals surface area contributed by atoms with Gasteiger partial charge >= 0.3 is 6.18 Å². The highest BCUT2D eigenvalue weighted by atomic mass is 19.4. The van der Waals surface area contributed by atoms with Crippen LogP contribution in [0.2, 0.25) is 0 Å². The Morgan fingerprint density at radius 3 is 2.31 bits per heavy atom. The number of ether oxygens (including phenoxy) is 1. The third-order valence-electron chi connectivity index (χ3n) is 8.86. The number of benzene rings is 3. The molecule has 3 N–H and O–H groups in total. The van der Waals surface area contributed by atoms with Crippen LogP contribution in [-0.4, -0.2) is 37.4 Å². The van der Waals surface area contributed by atoms with E-state index < -0.39 is 70.7 Å². The summed E-state index contributed by atoms with van der Waals surface area (Å²) in [4.78, 5) is 40.1. The fraction of sp³-hybridized carbons (Fsp3) is 0.343. The summed E-state index contributed by atoms with van der Waals surface area (Å²) in [5, 5.41) is 7.96. The molecule has 0 aromatic heterocycles. The summed E-state index contributed by atoms with van der Waals surface area (Å²) in [6, 6.07) is 12.3. The SMILES string of the molecule is COc1cc(F)c(F)cc1C(=O)N[C@@H]1C2CCC(/C2=C/C(=O)NCCCCc2ccccc2)[C@@H]1C(=O)Nc1ccc(F)c(C(F)(F)F)c1. The van der Waals surface area contributed by atoms with Gasteiger partial charge in [-0.2, -0.15) is 13.2 Å². The van der Waals surface area contributed by atoms with E-state index in [9.17, 15) is 40.7 Å². The molecule has 2 aliphatic rings. The van der Waals surface area contributed by atoms with E-state index in [1.807, 2.05) is 30.3 Å². The van der Waals surface area contributed by atoms with Crippen molar-refractivity contribution in [1.82, 2.24) is 10.6 Å². The Balaban J connectivity index is 1.36. The van der Waals surface area contributed by atoms with Gasteiger partial charge in [0, 0.05) is 36.3 Å². The molecule has 0 spiro atoms. The van der Waals surface area contributed by atoms with Crippen molar-refractivity contribution >= 4 is 23.4 Å². The van der Waals surface area contributed by atoms with Gasteiger partial charge < -0.3 is 20.7 Å². The molecule has 13 heteroatoms. The first kappa shape index (κ1) is 34.5. The van der Waals surface area contributed by atoms with E-state index >= 15 is 0 Å². The zero-order valence-corrected chi connectivity index (χ0v) is 25.8. The van der Waals surface area contributed by atoms with Crippen LogP contribution in [0.5, 0.6) is 5.75 Å². The van der Waals surface area contributed by atoms with Crippen LogP contribution in [0.4, 0.5) is 32.0 Å². The average Bonchev–Trinajstić information content (AvgIpc) is 3.56. The van der Waals surface area contributed by atoms with E-state index in [1.165, 1.54) is 11.6 Å². The maximum absolute atomic E-state index is 14.1. The number of nitrogens with one attached hydrogen (secondary N) is 3. The fourth-order valence-electron chi connectivity index (χ4n) is 6.65. The highest BCUT2D eigenvalue weighted by molar-refractivity contribution is 5.99. The van der Waals surface area contributed by atoms with Crippen LogP contribution in [0, 0.1) is 35.2 Å². The van der Waals surface area contributed by atoms with Crippen molar-refractivity contribution in [2.45, 2.75) is 44.3 Å². The molecular formula is C35H33F6N3O4. The summed E-state index contributed by atoms with van der Waals surface area (Å²) in [6.45, 7) is 0.400. The lowest BCUT2D eigenvalue weighted by atomic mass is 9.83. The second-order valence-electron chi connectivity index (χ2n) is 11.8. The number of anilines is 1. The second-order valence-corrected chi connectivity index (χ2v) is 11.8. The van der Waals surface area contributed by atoms with E-state index in [-0.39, 0.29) is 17.0 Å². The van der Waals surface area contributed by atoms with Crippen LogP contribution in [-0.2, 0) is 22.2 Å². The van der Waals surface area contributed by atoms with Gasteiger partial charge in [-0.15, -0.1) is 0 Å². The normalized spacial score (nSPS) is 20.9. The van der Waals surface area contributed by atoms with Crippen LogP contribution in [0.15, 0.2) is 72.3 Å². The minimum atomic E-state index is -5.01. The highest BCUT2D eigenvalue weighted by Crippen LogP contribution is 2.53. The van der Waals surface area contributed by atoms with Gasteiger partial charge in [0.05, 0.1) is 24.2 Å². The highest BCUT2D eigenvalue weighted by Gasteiger charge is 2.55. The summed E-state index contributed by atoms with van der Waals surface area (Å²) >= 11 is 0. The summed E-state index contributed by atoms with van der Waals surface area (Å²) in [5.41, 5.74) is -0.464. The van der Waals surface area contributed by atoms with Crippen LogP contribution in [0.1, 0.15) is 47.2 Å². The van der Waals surface area contributed by atoms with Gasteiger partial charge in [-0.05, 0) is 67.9 Å². The summed E-state index contributed by atoms with van der Waals surface area (Å²) < 4.78 is 87.0. The Hall–Kier alpha value is -4.81. The minimum Gasteiger partial charge on any atom is -0.496 e. The standard InChI is InChI=1S/C35H33F6N3O4/c1-48-29-18-28(38)27(37)16-24(29)33(46)44-32-22-12-11-21(23(22)17-30(45)42-14-6-5-9-19-7-3-2-4-8-19)31(32)34(47)43-20-10-13-26(36)25(15-20)35(39,40)41/h2-4,7-8,10,13,15-18,21-22,31-32H,5-6,9,11-12,14H2,1H3,(H,42,45)(H,43,47)(H,44,46)/b23-17-/t21?,22?,31-,32+/m0/s1. The molecule has 254 valence electrons. The molecule has 0 heterocycles. The number of aryl methyl sites for hydroxylation is 1. The Morgan fingerprint density at radius 2 is 1.60 bits per heavy atom. The summed E-state index contributed by atoms with van der Waals surface area (Å²) in [5.74, 6) is -8.52. The van der Waals surface area contributed by atoms with Crippen LogP contribution >= 0.6 is 0 Å². The molecule has 7 nitrogen and oxygen atoms in total. The number of fused-ring (bicyclic) bond motifs is 2. The second kappa shape index (κ2) is 14.5. The zero-order valence-electron chi connectivity index (χ0n) is 25.8. The van der Waals surface area contributed by atoms with E-state index in [0.717, 1.165) is 26.0 Å². The number of hydrogen-bond donors (Lipinski definition) is 3. The molecule has 0 radical (unpaired) electrons. The van der Waals surface area contributed by atoms with Gasteiger partial charge in [0.2, 0.25) is 11.8 Å². The van der Waals surface area contributed by atoms with Crippen molar-refractivity contribution in [3.8, 4) is 5.75 Å². The molecule has 5 rings (SSSR count). The van der Waals surface area contributed by atoms with Crippen molar-refractivity contribution in [1.29, 1.82) is 0 Å². The molecule has 0 aliphatic heterocycles. The van der Waals surface area contributed by atoms with Gasteiger partial charge in [0.15, 0.2) is 11.6 Å². The summed E-state index contributed by atoms with van der Waals surface area (Å²) in [6.07, 6.45) is -0.299. The monoisotopic (exact) mass is 673 g/mol. The maximum Gasteiger partial charge on any atom is 0.419 e. The van der Waals surface area contributed by atoms with Gasteiger partial charge in [0.25, 0.3) is 5.91 Å². The molecule has 2 aliphatic carbocycles. The molecule has 48 heavy (non-hydrogen) atoms. The molecule has 2 bridgehead atoms. The van der Waals surface area contributed by atoms with Crippen molar-refractivity contribution in [3.05, 3.63) is 106 Å². The molecule has 0 saturated heterocycles. The maximum atomic E-state index is 14.1. The summed E-state index contributed by atoms with van der Waals surface area (Å²) in [7, 11) is 1.16. The Morgan fingerprint density at radius 1 is 0.896 bits per heavy atom. The first-order valence-corrected chi connectivity index (χ1v) is 15.4. The third kappa shape index (κ3) is 7.66. The average molecular weight is 674 g/mol. The fourth-order valence-corrected chi connectivity index (χ4v) is 6.65. The number of alkyl halides is 3.